The summed E-state index contributed by atoms with van der Waals surface area (Å²) < 4.78 is 1.01. The number of nitrogens with zero attached hydrogens (tertiary/aromatic N) is 2. The van der Waals surface area contributed by atoms with E-state index >= 15 is 0 Å². The maximum Gasteiger partial charge on any atom is 0.488 e. The van der Waals surface area contributed by atoms with Gasteiger partial charge in [-0.15, -0.1) is 0 Å². The molecular formula is C37H36BBrN2O2. The molecule has 0 aliphatic rings. The second-order valence-corrected chi connectivity index (χ2v) is 10.5. The van der Waals surface area contributed by atoms with Crippen LogP contribution in [-0.4, -0.2) is 27.1 Å². The van der Waals surface area contributed by atoms with Crippen LogP contribution in [0.4, 0.5) is 0 Å². The van der Waals surface area contributed by atoms with Crippen LogP contribution in [0.15, 0.2) is 150 Å². The van der Waals surface area contributed by atoms with Crippen molar-refractivity contribution in [2.75, 3.05) is 0 Å². The zero-order valence-electron chi connectivity index (χ0n) is 23.6. The minimum Gasteiger partial charge on any atom is -0.423 e. The van der Waals surface area contributed by atoms with Crippen LogP contribution in [0.3, 0.4) is 0 Å². The van der Waals surface area contributed by atoms with E-state index in [1.54, 1.807) is 12.1 Å². The molecule has 6 aromatic rings. The summed E-state index contributed by atoms with van der Waals surface area (Å²) in [5, 5.41) is 17.5. The lowest BCUT2D eigenvalue weighted by Gasteiger charge is -2.06. The van der Waals surface area contributed by atoms with Crippen LogP contribution in [-0.2, 0) is 0 Å². The molecule has 0 aliphatic carbocycles. The molecule has 0 radical (unpaired) electrons. The van der Waals surface area contributed by atoms with Gasteiger partial charge in [0.05, 0.1) is 11.4 Å². The van der Waals surface area contributed by atoms with Gasteiger partial charge < -0.3 is 10.0 Å². The molecule has 4 nitrogen and oxygen atoms in total. The number of aromatic nitrogens is 2. The predicted octanol–water partition coefficient (Wildman–Crippen LogP) is 8.55. The van der Waals surface area contributed by atoms with Crippen LogP contribution < -0.4 is 5.46 Å². The summed E-state index contributed by atoms with van der Waals surface area (Å²) in [7, 11) is -1.35. The van der Waals surface area contributed by atoms with E-state index in [0.717, 1.165) is 38.1 Å². The lowest BCUT2D eigenvalue weighted by molar-refractivity contribution is 0.425. The fraction of sp³-hybridized carbons (Fsp3) is 0.0811. The lowest BCUT2D eigenvalue weighted by atomic mass is 9.77. The van der Waals surface area contributed by atoms with Crippen molar-refractivity contribution >= 4 is 28.5 Å². The molecule has 0 aliphatic heterocycles. The largest absolute Gasteiger partial charge is 0.488 e. The molecule has 6 heteroatoms. The Labute approximate surface area is 264 Å². The van der Waals surface area contributed by atoms with Gasteiger partial charge in [0.25, 0.3) is 0 Å². The number of hydrogen-bond acceptors (Lipinski definition) is 4. The van der Waals surface area contributed by atoms with E-state index < -0.39 is 7.12 Å². The average molecular weight is 631 g/mol. The van der Waals surface area contributed by atoms with Crippen LogP contribution in [0.2, 0.25) is 0 Å². The fourth-order valence-electron chi connectivity index (χ4n) is 4.26. The smallest absolute Gasteiger partial charge is 0.423 e. The van der Waals surface area contributed by atoms with E-state index in [1.165, 1.54) is 11.1 Å². The Hall–Kier alpha value is -4.36. The number of benzene rings is 4. The van der Waals surface area contributed by atoms with Gasteiger partial charge >= 0.3 is 7.12 Å². The summed E-state index contributed by atoms with van der Waals surface area (Å²) in [4.78, 5) is 8.87. The second-order valence-electron chi connectivity index (χ2n) is 9.57. The summed E-state index contributed by atoms with van der Waals surface area (Å²) >= 11 is 3.36. The third-order valence-electron chi connectivity index (χ3n) is 6.55. The highest BCUT2D eigenvalue weighted by molar-refractivity contribution is 9.10. The van der Waals surface area contributed by atoms with E-state index in [-0.39, 0.29) is 7.43 Å². The van der Waals surface area contributed by atoms with Gasteiger partial charge in [0.2, 0.25) is 0 Å². The molecule has 2 N–H and O–H groups in total. The molecule has 0 unspecified atom stereocenters. The zero-order valence-corrected chi connectivity index (χ0v) is 25.2. The van der Waals surface area contributed by atoms with Crippen molar-refractivity contribution < 1.29 is 10.0 Å². The Morgan fingerprint density at radius 2 is 1.00 bits per heavy atom. The Morgan fingerprint density at radius 3 is 1.44 bits per heavy atom. The first-order chi connectivity index (χ1) is 20.4. The van der Waals surface area contributed by atoms with E-state index in [9.17, 15) is 0 Å². The van der Waals surface area contributed by atoms with Gasteiger partial charge in [-0.1, -0.05) is 128 Å². The van der Waals surface area contributed by atoms with Gasteiger partial charge in [-0.3, -0.25) is 9.97 Å². The molecule has 0 atom stereocenters. The first kappa shape index (κ1) is 33.2. The van der Waals surface area contributed by atoms with Crippen molar-refractivity contribution in [2.45, 2.75) is 21.3 Å². The molecule has 43 heavy (non-hydrogen) atoms. The van der Waals surface area contributed by atoms with Crippen molar-refractivity contribution in [1.29, 1.82) is 0 Å². The van der Waals surface area contributed by atoms with Crippen molar-refractivity contribution in [3.8, 4) is 33.6 Å². The van der Waals surface area contributed by atoms with E-state index in [2.05, 4.69) is 93.5 Å². The van der Waals surface area contributed by atoms with Crippen LogP contribution in [0, 0.1) is 13.8 Å². The maximum atomic E-state index is 8.76. The summed E-state index contributed by atoms with van der Waals surface area (Å²) in [5.74, 6) is 0. The number of hydrogen-bond donors (Lipinski definition) is 2. The zero-order chi connectivity index (χ0) is 29.7. The second kappa shape index (κ2) is 16.9. The Balaban J connectivity index is 0.000000185. The highest BCUT2D eigenvalue weighted by Crippen LogP contribution is 2.25. The molecule has 2 heterocycles. The van der Waals surface area contributed by atoms with E-state index in [0.29, 0.717) is 5.46 Å². The summed E-state index contributed by atoms with van der Waals surface area (Å²) in [6.07, 6.45) is 3.76. The van der Waals surface area contributed by atoms with Gasteiger partial charge in [-0.2, -0.15) is 0 Å². The molecule has 0 bridgehead atoms. The van der Waals surface area contributed by atoms with E-state index in [4.69, 9.17) is 10.0 Å². The minimum atomic E-state index is -1.35. The summed E-state index contributed by atoms with van der Waals surface area (Å²) in [6.45, 7) is 3.97. The standard InChI is InChI=1S/C18H15N.C11H8BrN.C7H9BO2.CH4/c1-14-7-5-6-10-17(14)16-11-12-18(19-13-16)15-8-3-2-4-9-15;12-10-6-7-11(13-8-10)9-4-2-1-3-5-9;1-6-4-2-3-5-7(6)8(9)10;/h2-13H,1H3;1-8H;2-5,9-10H,1H3;1H4. The molecule has 6 rings (SSSR count). The summed E-state index contributed by atoms with van der Waals surface area (Å²) in [6, 6.07) is 44.1. The number of pyridine rings is 2. The summed E-state index contributed by atoms with van der Waals surface area (Å²) in [5.41, 5.74) is 9.47. The van der Waals surface area contributed by atoms with Crippen LogP contribution in [0.5, 0.6) is 0 Å². The third-order valence-corrected chi connectivity index (χ3v) is 7.02. The SMILES string of the molecule is Brc1ccc(-c2ccccc2)nc1.C.Cc1ccccc1-c1ccc(-c2ccccc2)nc1.Cc1ccccc1B(O)O. The third kappa shape index (κ3) is 9.86. The number of halogens is 1. The predicted molar refractivity (Wildman–Crippen MR) is 185 cm³/mol. The molecule has 4 aromatic carbocycles. The van der Waals surface area contributed by atoms with E-state index in [1.807, 2.05) is 80.0 Å². The Bertz CT molecular complexity index is 1660. The molecule has 0 fully saturated rings. The fourth-order valence-corrected chi connectivity index (χ4v) is 4.50. The molecule has 0 spiro atoms. The van der Waals surface area contributed by atoms with Gasteiger partial charge in [-0.25, -0.2) is 0 Å². The van der Waals surface area contributed by atoms with Crippen molar-refractivity contribution in [3.63, 3.8) is 0 Å². The number of aryl methyl sites for hydroxylation is 2. The van der Waals surface area contributed by atoms with Crippen molar-refractivity contribution in [2.24, 2.45) is 0 Å². The van der Waals surface area contributed by atoms with Crippen LogP contribution in [0.25, 0.3) is 33.6 Å². The molecule has 0 amide bonds. The average Bonchev–Trinajstić information content (AvgIpc) is 3.03. The van der Waals surface area contributed by atoms with Crippen LogP contribution in [0.1, 0.15) is 18.6 Å². The molecular weight excluding hydrogens is 595 g/mol. The highest BCUT2D eigenvalue weighted by atomic mass is 79.9. The Kier molecular flexibility index (Phi) is 13.1. The van der Waals surface area contributed by atoms with Gasteiger partial charge in [0, 0.05) is 33.6 Å². The van der Waals surface area contributed by atoms with Crippen LogP contribution >= 0.6 is 15.9 Å². The topological polar surface area (TPSA) is 66.2 Å². The molecule has 216 valence electrons. The first-order valence-electron chi connectivity index (χ1n) is 13.6. The van der Waals surface area contributed by atoms with Crippen molar-refractivity contribution in [1.82, 2.24) is 9.97 Å². The van der Waals surface area contributed by atoms with Gasteiger partial charge in [0.15, 0.2) is 0 Å². The maximum absolute atomic E-state index is 8.76. The monoisotopic (exact) mass is 630 g/mol. The molecule has 2 aromatic heterocycles. The normalized spacial score (nSPS) is 9.79. The highest BCUT2D eigenvalue weighted by Gasteiger charge is 2.11. The molecule has 0 saturated heterocycles. The van der Waals surface area contributed by atoms with Gasteiger partial charge in [0.1, 0.15) is 0 Å². The first-order valence-corrected chi connectivity index (χ1v) is 14.4. The number of rotatable bonds is 4. The molecule has 0 saturated carbocycles. The quantitative estimate of drug-likeness (QED) is 0.192. The Morgan fingerprint density at radius 1 is 0.512 bits per heavy atom. The van der Waals surface area contributed by atoms with Gasteiger partial charge in [-0.05, 0) is 64.6 Å². The lowest BCUT2D eigenvalue weighted by Crippen LogP contribution is -2.31. The van der Waals surface area contributed by atoms with Crippen molar-refractivity contribution in [3.05, 3.63) is 161 Å². The minimum absolute atomic E-state index is 0.